The zero-order valence-corrected chi connectivity index (χ0v) is 13.9. The molecule has 0 spiro atoms. The Morgan fingerprint density at radius 2 is 2.18 bits per heavy atom. The third-order valence-corrected chi connectivity index (χ3v) is 4.46. The fourth-order valence-corrected chi connectivity index (χ4v) is 3.30. The molecule has 0 bridgehead atoms. The summed E-state index contributed by atoms with van der Waals surface area (Å²) in [6.45, 7) is 3.65. The molecule has 0 aromatic carbocycles. The van der Waals surface area contributed by atoms with E-state index in [1.165, 1.54) is 0 Å². The van der Waals surface area contributed by atoms with Gasteiger partial charge < -0.3 is 14.7 Å². The second-order valence-corrected chi connectivity index (χ2v) is 6.60. The molecule has 1 aromatic heterocycles. The fraction of sp³-hybridized carbons (Fsp3) is 0.667. The van der Waals surface area contributed by atoms with Crippen molar-refractivity contribution in [3.63, 3.8) is 0 Å². The Kier molecular flexibility index (Phi) is 6.52. The summed E-state index contributed by atoms with van der Waals surface area (Å²) in [4.78, 5) is 21.2. The van der Waals surface area contributed by atoms with E-state index in [2.05, 4.69) is 9.97 Å². The summed E-state index contributed by atoms with van der Waals surface area (Å²) in [6, 6.07) is 0. The SMILES string of the molecule is CCCOc1nc(SCO)nc(N2CCSCC2)c1[N+](=O)[O-]. The van der Waals surface area contributed by atoms with E-state index in [-0.39, 0.29) is 28.5 Å². The van der Waals surface area contributed by atoms with Crippen molar-refractivity contribution in [2.75, 3.05) is 42.0 Å². The van der Waals surface area contributed by atoms with E-state index in [0.717, 1.165) is 29.7 Å². The molecule has 2 rings (SSSR count). The molecule has 8 nitrogen and oxygen atoms in total. The van der Waals surface area contributed by atoms with Crippen molar-refractivity contribution >= 4 is 35.0 Å². The molecule has 1 aliphatic rings. The maximum atomic E-state index is 11.5. The van der Waals surface area contributed by atoms with Gasteiger partial charge in [-0.15, -0.1) is 0 Å². The van der Waals surface area contributed by atoms with Crippen LogP contribution < -0.4 is 9.64 Å². The average Bonchev–Trinajstić information content (AvgIpc) is 2.53. The molecule has 0 aliphatic carbocycles. The summed E-state index contributed by atoms with van der Waals surface area (Å²) in [5, 5.41) is 20.8. The summed E-state index contributed by atoms with van der Waals surface area (Å²) in [6.07, 6.45) is 0.722. The summed E-state index contributed by atoms with van der Waals surface area (Å²) in [5.74, 6) is 1.86. The quantitative estimate of drug-likeness (QED) is 0.260. The van der Waals surface area contributed by atoms with Crippen LogP contribution in [-0.4, -0.2) is 57.1 Å². The van der Waals surface area contributed by atoms with Crippen molar-refractivity contribution in [2.24, 2.45) is 0 Å². The minimum Gasteiger partial charge on any atom is -0.473 e. The summed E-state index contributed by atoms with van der Waals surface area (Å²) < 4.78 is 5.45. The van der Waals surface area contributed by atoms with Crippen molar-refractivity contribution in [1.29, 1.82) is 0 Å². The molecule has 10 heteroatoms. The van der Waals surface area contributed by atoms with Gasteiger partial charge in [-0.05, 0) is 6.42 Å². The molecule has 0 amide bonds. The summed E-state index contributed by atoms with van der Waals surface area (Å²) >= 11 is 2.83. The van der Waals surface area contributed by atoms with Gasteiger partial charge in [0.2, 0.25) is 5.82 Å². The van der Waals surface area contributed by atoms with E-state index >= 15 is 0 Å². The first-order chi connectivity index (χ1) is 10.7. The second-order valence-electron chi connectivity index (χ2n) is 4.46. The number of anilines is 1. The number of hydrogen-bond acceptors (Lipinski definition) is 9. The van der Waals surface area contributed by atoms with Crippen LogP contribution in [0.25, 0.3) is 0 Å². The predicted molar refractivity (Wildman–Crippen MR) is 87.0 cm³/mol. The zero-order chi connectivity index (χ0) is 15.9. The van der Waals surface area contributed by atoms with Crippen molar-refractivity contribution in [3.05, 3.63) is 10.1 Å². The maximum Gasteiger partial charge on any atom is 0.373 e. The molecule has 1 aromatic rings. The van der Waals surface area contributed by atoms with Crippen LogP contribution in [0.15, 0.2) is 5.16 Å². The van der Waals surface area contributed by atoms with Crippen molar-refractivity contribution in [1.82, 2.24) is 9.97 Å². The number of aliphatic hydroxyl groups excluding tert-OH is 1. The van der Waals surface area contributed by atoms with Crippen LogP contribution in [0, 0.1) is 10.1 Å². The van der Waals surface area contributed by atoms with E-state index in [1.54, 1.807) is 0 Å². The highest BCUT2D eigenvalue weighted by molar-refractivity contribution is 7.99. The number of nitrogens with zero attached hydrogens (tertiary/aromatic N) is 4. The standard InChI is InChI=1S/C12H18N4O4S2/c1-2-5-20-11-9(16(18)19)10(13-12(14-11)22-8-17)15-3-6-21-7-4-15/h17H,2-8H2,1H3. The van der Waals surface area contributed by atoms with Crippen LogP contribution in [0.5, 0.6) is 5.88 Å². The maximum absolute atomic E-state index is 11.5. The van der Waals surface area contributed by atoms with Gasteiger partial charge in [-0.25, -0.2) is 0 Å². The normalized spacial score (nSPS) is 14.9. The number of thioether (sulfide) groups is 2. The Morgan fingerprint density at radius 1 is 1.45 bits per heavy atom. The number of ether oxygens (including phenoxy) is 1. The molecule has 2 heterocycles. The molecule has 1 aliphatic heterocycles. The molecule has 0 radical (unpaired) electrons. The van der Waals surface area contributed by atoms with E-state index in [9.17, 15) is 10.1 Å². The third-order valence-electron chi connectivity index (χ3n) is 2.94. The number of aliphatic hydroxyl groups is 1. The molecule has 1 saturated heterocycles. The van der Waals surface area contributed by atoms with Crippen LogP contribution in [0.1, 0.15) is 13.3 Å². The first-order valence-electron chi connectivity index (χ1n) is 6.93. The van der Waals surface area contributed by atoms with E-state index in [4.69, 9.17) is 9.84 Å². The van der Waals surface area contributed by atoms with E-state index < -0.39 is 4.92 Å². The smallest absolute Gasteiger partial charge is 0.373 e. The number of aromatic nitrogens is 2. The lowest BCUT2D eigenvalue weighted by Crippen LogP contribution is -2.34. The zero-order valence-electron chi connectivity index (χ0n) is 12.2. The Morgan fingerprint density at radius 3 is 2.77 bits per heavy atom. The van der Waals surface area contributed by atoms with Crippen LogP contribution in [0.4, 0.5) is 11.5 Å². The lowest BCUT2D eigenvalue weighted by atomic mass is 10.4. The number of nitro groups is 1. The Labute approximate surface area is 136 Å². The monoisotopic (exact) mass is 346 g/mol. The fourth-order valence-electron chi connectivity index (χ4n) is 1.98. The van der Waals surface area contributed by atoms with Gasteiger partial charge in [-0.1, -0.05) is 18.7 Å². The lowest BCUT2D eigenvalue weighted by molar-refractivity contribution is -0.385. The highest BCUT2D eigenvalue weighted by Gasteiger charge is 2.30. The van der Waals surface area contributed by atoms with Gasteiger partial charge in [0.15, 0.2) is 5.16 Å². The molecule has 0 unspecified atom stereocenters. The Hall–Kier alpha value is -1.26. The van der Waals surface area contributed by atoms with Gasteiger partial charge in [0, 0.05) is 24.6 Å². The Balaban J connectivity index is 2.45. The molecule has 0 atom stereocenters. The molecular weight excluding hydrogens is 328 g/mol. The molecule has 22 heavy (non-hydrogen) atoms. The van der Waals surface area contributed by atoms with Crippen molar-refractivity contribution in [2.45, 2.75) is 18.5 Å². The Bertz CT molecular complexity index is 526. The topological polar surface area (TPSA) is 102 Å². The molecule has 0 saturated carbocycles. The first kappa shape index (κ1) is 17.1. The highest BCUT2D eigenvalue weighted by atomic mass is 32.2. The van der Waals surface area contributed by atoms with Crippen LogP contribution in [0.2, 0.25) is 0 Å². The minimum absolute atomic E-state index is 0.0222. The number of hydrogen-bond donors (Lipinski definition) is 1. The van der Waals surface area contributed by atoms with Gasteiger partial charge in [0.25, 0.3) is 0 Å². The van der Waals surface area contributed by atoms with Crippen LogP contribution in [-0.2, 0) is 0 Å². The first-order valence-corrected chi connectivity index (χ1v) is 9.07. The van der Waals surface area contributed by atoms with Gasteiger partial charge in [-0.3, -0.25) is 10.1 Å². The van der Waals surface area contributed by atoms with Crippen molar-refractivity contribution in [3.8, 4) is 5.88 Å². The number of rotatable bonds is 7. The van der Waals surface area contributed by atoms with Gasteiger partial charge in [-0.2, -0.15) is 21.7 Å². The second kappa shape index (κ2) is 8.39. The minimum atomic E-state index is -0.491. The van der Waals surface area contributed by atoms with Gasteiger partial charge in [0.05, 0.1) is 17.5 Å². The van der Waals surface area contributed by atoms with Crippen LogP contribution >= 0.6 is 23.5 Å². The van der Waals surface area contributed by atoms with Gasteiger partial charge in [0.1, 0.15) is 0 Å². The third kappa shape index (κ3) is 4.14. The summed E-state index contributed by atoms with van der Waals surface area (Å²) in [7, 11) is 0. The predicted octanol–water partition coefficient (Wildman–Crippen LogP) is 1.77. The van der Waals surface area contributed by atoms with Crippen molar-refractivity contribution < 1.29 is 14.8 Å². The molecule has 1 fully saturated rings. The molecular formula is C12H18N4O4S2. The molecule has 122 valence electrons. The van der Waals surface area contributed by atoms with E-state index in [1.807, 2.05) is 23.6 Å². The lowest BCUT2D eigenvalue weighted by Gasteiger charge is -2.27. The van der Waals surface area contributed by atoms with Gasteiger partial charge >= 0.3 is 11.6 Å². The largest absolute Gasteiger partial charge is 0.473 e. The van der Waals surface area contributed by atoms with Crippen LogP contribution in [0.3, 0.4) is 0 Å². The average molecular weight is 346 g/mol. The molecule has 1 N–H and O–H groups in total. The van der Waals surface area contributed by atoms with E-state index in [0.29, 0.717) is 19.7 Å². The summed E-state index contributed by atoms with van der Waals surface area (Å²) in [5.41, 5.74) is -0.192. The highest BCUT2D eigenvalue weighted by Crippen LogP contribution is 2.37.